The standard InChI is InChI=1S/C22H18F3NO7/c1-29-13-3-2-4-14(11-13)31-19-18(27)16-6-5-15(12-17(16)33-20(19)22(23,24)25)32-21(28)26-7-9-30-10-8-26/h2-6,11-12H,7-10H2,1H3. The van der Waals surface area contributed by atoms with Gasteiger partial charge >= 0.3 is 12.3 Å². The molecule has 0 N–H and O–H groups in total. The number of hydrogen-bond acceptors (Lipinski definition) is 7. The summed E-state index contributed by atoms with van der Waals surface area (Å²) in [6.45, 7) is 1.36. The van der Waals surface area contributed by atoms with Gasteiger partial charge in [-0.05, 0) is 24.3 Å². The van der Waals surface area contributed by atoms with Crippen LogP contribution in [-0.4, -0.2) is 44.4 Å². The Hall–Kier alpha value is -3.73. The number of methoxy groups -OCH3 is 1. The van der Waals surface area contributed by atoms with Crippen molar-refractivity contribution in [3.05, 3.63) is 58.4 Å². The molecule has 0 radical (unpaired) electrons. The van der Waals surface area contributed by atoms with E-state index >= 15 is 0 Å². The van der Waals surface area contributed by atoms with E-state index in [2.05, 4.69) is 0 Å². The molecule has 174 valence electrons. The van der Waals surface area contributed by atoms with Gasteiger partial charge in [0, 0.05) is 25.2 Å². The predicted octanol–water partition coefficient (Wildman–Crippen LogP) is 4.44. The molecule has 1 aliphatic heterocycles. The molecule has 0 bridgehead atoms. The van der Waals surface area contributed by atoms with Gasteiger partial charge in [0.1, 0.15) is 22.8 Å². The summed E-state index contributed by atoms with van der Waals surface area (Å²) in [6.07, 6.45) is -5.71. The van der Waals surface area contributed by atoms with Crippen molar-refractivity contribution >= 4 is 17.1 Å². The minimum absolute atomic E-state index is 0.0393. The first-order chi connectivity index (χ1) is 15.8. The summed E-state index contributed by atoms with van der Waals surface area (Å²) in [6, 6.07) is 9.33. The molecular formula is C22H18F3NO7. The average Bonchev–Trinajstić information content (AvgIpc) is 2.80. The van der Waals surface area contributed by atoms with E-state index in [0.717, 1.165) is 6.07 Å². The van der Waals surface area contributed by atoms with Crippen LogP contribution >= 0.6 is 0 Å². The lowest BCUT2D eigenvalue weighted by atomic mass is 10.2. The normalized spacial score (nSPS) is 14.2. The van der Waals surface area contributed by atoms with E-state index in [9.17, 15) is 22.8 Å². The zero-order chi connectivity index (χ0) is 23.6. The van der Waals surface area contributed by atoms with Gasteiger partial charge in [-0.1, -0.05) is 6.07 Å². The highest BCUT2D eigenvalue weighted by Gasteiger charge is 2.40. The number of halogens is 3. The van der Waals surface area contributed by atoms with Gasteiger partial charge < -0.3 is 28.3 Å². The summed E-state index contributed by atoms with van der Waals surface area (Å²) in [5, 5.41) is -0.174. The molecule has 0 atom stereocenters. The quantitative estimate of drug-likeness (QED) is 0.563. The Balaban J connectivity index is 1.71. The summed E-state index contributed by atoms with van der Waals surface area (Å²) in [5.74, 6) is -2.40. The second kappa shape index (κ2) is 9.02. The van der Waals surface area contributed by atoms with Gasteiger partial charge in [-0.3, -0.25) is 4.79 Å². The van der Waals surface area contributed by atoms with Crippen LogP contribution in [0.2, 0.25) is 0 Å². The maximum atomic E-state index is 13.7. The molecule has 0 spiro atoms. The summed E-state index contributed by atoms with van der Waals surface area (Å²) in [5.41, 5.74) is -1.44. The molecule has 0 aliphatic carbocycles. The number of carbonyl (C=O) groups excluding carboxylic acids is 1. The van der Waals surface area contributed by atoms with E-state index in [1.165, 1.54) is 42.3 Å². The van der Waals surface area contributed by atoms with Crippen LogP contribution < -0.4 is 19.6 Å². The number of nitrogens with zero attached hydrogens (tertiary/aromatic N) is 1. The third kappa shape index (κ3) is 4.87. The lowest BCUT2D eigenvalue weighted by Crippen LogP contribution is -2.42. The second-order valence-electron chi connectivity index (χ2n) is 6.99. The number of rotatable bonds is 4. The highest BCUT2D eigenvalue weighted by molar-refractivity contribution is 5.81. The molecule has 1 aromatic heterocycles. The number of morpholine rings is 1. The van der Waals surface area contributed by atoms with Crippen molar-refractivity contribution in [2.24, 2.45) is 0 Å². The summed E-state index contributed by atoms with van der Waals surface area (Å²) in [7, 11) is 1.38. The average molecular weight is 465 g/mol. The van der Waals surface area contributed by atoms with Crippen LogP contribution in [-0.2, 0) is 10.9 Å². The molecule has 8 nitrogen and oxygen atoms in total. The van der Waals surface area contributed by atoms with Crippen LogP contribution in [0.3, 0.4) is 0 Å². The topological polar surface area (TPSA) is 87.4 Å². The third-order valence-electron chi connectivity index (χ3n) is 4.82. The predicted molar refractivity (Wildman–Crippen MR) is 109 cm³/mol. The molecule has 4 rings (SSSR count). The van der Waals surface area contributed by atoms with Gasteiger partial charge in [-0.15, -0.1) is 0 Å². The van der Waals surface area contributed by atoms with E-state index in [1.807, 2.05) is 0 Å². The molecule has 0 unspecified atom stereocenters. The van der Waals surface area contributed by atoms with Crippen LogP contribution in [0.5, 0.6) is 23.0 Å². The summed E-state index contributed by atoms with van der Waals surface area (Å²) < 4.78 is 66.9. The number of ether oxygens (including phenoxy) is 4. The minimum atomic E-state index is -5.03. The van der Waals surface area contributed by atoms with Crippen LogP contribution in [0.25, 0.3) is 11.0 Å². The molecule has 33 heavy (non-hydrogen) atoms. The molecule has 0 saturated carbocycles. The smallest absolute Gasteiger partial charge is 0.453 e. The Morgan fingerprint density at radius 2 is 1.76 bits per heavy atom. The van der Waals surface area contributed by atoms with E-state index < -0.39 is 34.8 Å². The fraction of sp³-hybridized carbons (Fsp3) is 0.273. The number of benzene rings is 2. The van der Waals surface area contributed by atoms with Crippen molar-refractivity contribution in [2.45, 2.75) is 6.18 Å². The molecule has 11 heteroatoms. The second-order valence-corrected chi connectivity index (χ2v) is 6.99. The molecule has 1 fully saturated rings. The monoisotopic (exact) mass is 465 g/mol. The largest absolute Gasteiger partial charge is 0.497 e. The Morgan fingerprint density at radius 1 is 1.03 bits per heavy atom. The lowest BCUT2D eigenvalue weighted by molar-refractivity contribution is -0.154. The summed E-state index contributed by atoms with van der Waals surface area (Å²) >= 11 is 0. The molecule has 2 aromatic carbocycles. The van der Waals surface area contributed by atoms with Crippen molar-refractivity contribution in [1.29, 1.82) is 0 Å². The van der Waals surface area contributed by atoms with E-state index in [-0.39, 0.29) is 16.9 Å². The first kappa shape index (κ1) is 22.5. The Kier molecular flexibility index (Phi) is 6.14. The zero-order valence-electron chi connectivity index (χ0n) is 17.3. The van der Waals surface area contributed by atoms with Crippen molar-refractivity contribution in [3.8, 4) is 23.0 Å². The van der Waals surface area contributed by atoms with Crippen LogP contribution in [0.4, 0.5) is 18.0 Å². The maximum absolute atomic E-state index is 13.7. The van der Waals surface area contributed by atoms with E-state index in [1.54, 1.807) is 6.07 Å². The third-order valence-corrected chi connectivity index (χ3v) is 4.82. The number of amides is 1. The van der Waals surface area contributed by atoms with Crippen molar-refractivity contribution < 1.29 is 41.3 Å². The van der Waals surface area contributed by atoms with Gasteiger partial charge in [0.05, 0.1) is 25.7 Å². The SMILES string of the molecule is COc1cccc(Oc2c(C(F)(F)F)oc3cc(OC(=O)N4CCOCC4)ccc3c2=O)c1. The first-order valence-corrected chi connectivity index (χ1v) is 9.81. The molecular weight excluding hydrogens is 447 g/mol. The van der Waals surface area contributed by atoms with Crippen molar-refractivity contribution in [2.75, 3.05) is 33.4 Å². The van der Waals surface area contributed by atoms with Gasteiger partial charge in [0.15, 0.2) is 0 Å². The molecule has 1 saturated heterocycles. The molecule has 3 aromatic rings. The minimum Gasteiger partial charge on any atom is -0.497 e. The summed E-state index contributed by atoms with van der Waals surface area (Å²) in [4.78, 5) is 26.5. The molecule has 1 aliphatic rings. The van der Waals surface area contributed by atoms with E-state index in [4.69, 9.17) is 23.4 Å². The fourth-order valence-electron chi connectivity index (χ4n) is 3.19. The Bertz CT molecular complexity index is 1230. The van der Waals surface area contributed by atoms with Crippen LogP contribution in [0.15, 0.2) is 51.7 Å². The van der Waals surface area contributed by atoms with Crippen LogP contribution in [0.1, 0.15) is 5.76 Å². The fourth-order valence-corrected chi connectivity index (χ4v) is 3.19. The highest BCUT2D eigenvalue weighted by Crippen LogP contribution is 2.39. The maximum Gasteiger partial charge on any atom is 0.453 e. The lowest BCUT2D eigenvalue weighted by Gasteiger charge is -2.25. The first-order valence-electron chi connectivity index (χ1n) is 9.81. The number of hydrogen-bond donors (Lipinski definition) is 0. The van der Waals surface area contributed by atoms with Gasteiger partial charge in [-0.25, -0.2) is 4.79 Å². The zero-order valence-corrected chi connectivity index (χ0v) is 17.3. The van der Waals surface area contributed by atoms with E-state index in [0.29, 0.717) is 32.1 Å². The van der Waals surface area contributed by atoms with Crippen LogP contribution in [0, 0.1) is 0 Å². The molecule has 1 amide bonds. The molecule has 2 heterocycles. The Labute approximate surface area is 185 Å². The Morgan fingerprint density at radius 3 is 2.45 bits per heavy atom. The number of carbonyl (C=O) groups is 1. The highest BCUT2D eigenvalue weighted by atomic mass is 19.4. The van der Waals surface area contributed by atoms with Gasteiger partial charge in [-0.2, -0.15) is 13.2 Å². The number of alkyl halides is 3. The van der Waals surface area contributed by atoms with Gasteiger partial charge in [0.2, 0.25) is 11.2 Å². The van der Waals surface area contributed by atoms with Gasteiger partial charge in [0.25, 0.3) is 5.76 Å². The number of fused-ring (bicyclic) bond motifs is 1. The van der Waals surface area contributed by atoms with Crippen molar-refractivity contribution in [1.82, 2.24) is 4.90 Å². The van der Waals surface area contributed by atoms with Crippen molar-refractivity contribution in [3.63, 3.8) is 0 Å².